The maximum absolute atomic E-state index is 11.5. The van der Waals surface area contributed by atoms with Crippen molar-refractivity contribution >= 4 is 17.2 Å². The van der Waals surface area contributed by atoms with Gasteiger partial charge in [0.25, 0.3) is 0 Å². The minimum atomic E-state index is 0.0712. The Morgan fingerprint density at radius 1 is 1.38 bits per heavy atom. The van der Waals surface area contributed by atoms with Crippen molar-refractivity contribution in [2.45, 2.75) is 12.8 Å². The van der Waals surface area contributed by atoms with Gasteiger partial charge in [0.15, 0.2) is 0 Å². The van der Waals surface area contributed by atoms with Crippen LogP contribution in [0.2, 0.25) is 0 Å². The summed E-state index contributed by atoms with van der Waals surface area (Å²) in [5.74, 6) is 0.0712. The van der Waals surface area contributed by atoms with Gasteiger partial charge >= 0.3 is 0 Å². The molecule has 4 heteroatoms. The molecule has 0 fully saturated rings. The second-order valence-electron chi connectivity index (χ2n) is 3.54. The number of nitrogens with one attached hydrogen (secondary N) is 1. The van der Waals surface area contributed by atoms with E-state index in [0.29, 0.717) is 13.0 Å². The normalized spacial score (nSPS) is 10.2. The Hall–Kier alpha value is -1.55. The highest BCUT2D eigenvalue weighted by Crippen LogP contribution is 2.06. The van der Waals surface area contributed by atoms with Crippen LogP contribution in [0.25, 0.3) is 0 Å². The predicted octanol–water partition coefficient (Wildman–Crippen LogP) is 2.24. The number of carbonyl (C=O) groups excluding carboxylic acids is 1. The fourth-order valence-electron chi connectivity index (χ4n) is 1.42. The monoisotopic (exact) mass is 235 g/mol. The summed E-state index contributed by atoms with van der Waals surface area (Å²) in [5, 5.41) is 6.86. The molecule has 84 valence electrons. The molecular formula is C12H13NO2S. The highest BCUT2D eigenvalue weighted by atomic mass is 32.1. The zero-order valence-electron chi connectivity index (χ0n) is 8.81. The van der Waals surface area contributed by atoms with Gasteiger partial charge in [-0.1, -0.05) is 0 Å². The Balaban J connectivity index is 1.68. The first-order valence-corrected chi connectivity index (χ1v) is 6.08. The summed E-state index contributed by atoms with van der Waals surface area (Å²) in [5.41, 5.74) is 2.18. The number of rotatable bonds is 5. The third-order valence-electron chi connectivity index (χ3n) is 2.26. The smallest absolute Gasteiger partial charge is 0.224 e. The van der Waals surface area contributed by atoms with Crippen LogP contribution in [-0.4, -0.2) is 12.5 Å². The van der Waals surface area contributed by atoms with Crippen LogP contribution in [0.3, 0.4) is 0 Å². The number of hydrogen-bond donors (Lipinski definition) is 1. The van der Waals surface area contributed by atoms with Crippen LogP contribution in [0.5, 0.6) is 0 Å². The van der Waals surface area contributed by atoms with Gasteiger partial charge < -0.3 is 9.73 Å². The maximum Gasteiger partial charge on any atom is 0.224 e. The van der Waals surface area contributed by atoms with E-state index in [-0.39, 0.29) is 5.91 Å². The molecule has 0 atom stereocenters. The van der Waals surface area contributed by atoms with Crippen molar-refractivity contribution in [1.29, 1.82) is 0 Å². The van der Waals surface area contributed by atoms with Crippen molar-refractivity contribution < 1.29 is 9.21 Å². The maximum atomic E-state index is 11.5. The molecule has 0 aliphatic heterocycles. The molecule has 2 heterocycles. The molecule has 0 bridgehead atoms. The number of furan rings is 1. The average Bonchev–Trinajstić information content (AvgIpc) is 2.90. The molecule has 1 N–H and O–H groups in total. The molecule has 16 heavy (non-hydrogen) atoms. The van der Waals surface area contributed by atoms with E-state index in [4.69, 9.17) is 4.42 Å². The molecule has 2 aromatic heterocycles. The Morgan fingerprint density at radius 3 is 3.00 bits per heavy atom. The largest absolute Gasteiger partial charge is 0.472 e. The van der Waals surface area contributed by atoms with Crippen LogP contribution >= 0.6 is 11.3 Å². The SMILES string of the molecule is O=C(Cc1ccsc1)NCCc1ccoc1. The zero-order valence-corrected chi connectivity index (χ0v) is 9.63. The van der Waals surface area contributed by atoms with E-state index < -0.39 is 0 Å². The Bertz CT molecular complexity index is 420. The number of amides is 1. The summed E-state index contributed by atoms with van der Waals surface area (Å²) >= 11 is 1.61. The second-order valence-corrected chi connectivity index (χ2v) is 4.32. The quantitative estimate of drug-likeness (QED) is 0.863. The first kappa shape index (κ1) is 11.0. The molecule has 0 unspecified atom stereocenters. The van der Waals surface area contributed by atoms with E-state index >= 15 is 0 Å². The van der Waals surface area contributed by atoms with E-state index in [0.717, 1.165) is 17.5 Å². The van der Waals surface area contributed by atoms with Gasteiger partial charge in [0.1, 0.15) is 0 Å². The lowest BCUT2D eigenvalue weighted by Gasteiger charge is -2.02. The second kappa shape index (κ2) is 5.51. The van der Waals surface area contributed by atoms with Crippen LogP contribution in [-0.2, 0) is 17.6 Å². The highest BCUT2D eigenvalue weighted by Gasteiger charge is 2.03. The summed E-state index contributed by atoms with van der Waals surface area (Å²) in [6.45, 7) is 0.655. The van der Waals surface area contributed by atoms with Gasteiger partial charge in [-0.05, 0) is 40.4 Å². The molecule has 0 radical (unpaired) electrons. The summed E-state index contributed by atoms with van der Waals surface area (Å²) in [7, 11) is 0. The van der Waals surface area contributed by atoms with Gasteiger partial charge in [0.2, 0.25) is 5.91 Å². The van der Waals surface area contributed by atoms with Gasteiger partial charge in [-0.25, -0.2) is 0 Å². The third kappa shape index (κ3) is 3.24. The molecule has 2 aromatic rings. The van der Waals surface area contributed by atoms with E-state index in [1.54, 1.807) is 23.9 Å². The minimum absolute atomic E-state index is 0.0712. The minimum Gasteiger partial charge on any atom is -0.472 e. The molecule has 0 aliphatic rings. The number of hydrogen-bond acceptors (Lipinski definition) is 3. The van der Waals surface area contributed by atoms with Crippen LogP contribution in [0.1, 0.15) is 11.1 Å². The third-order valence-corrected chi connectivity index (χ3v) is 2.99. The van der Waals surface area contributed by atoms with Crippen LogP contribution in [0.15, 0.2) is 39.8 Å². The van der Waals surface area contributed by atoms with Crippen molar-refractivity contribution in [1.82, 2.24) is 5.32 Å². The highest BCUT2D eigenvalue weighted by molar-refractivity contribution is 7.07. The zero-order chi connectivity index (χ0) is 11.2. The lowest BCUT2D eigenvalue weighted by molar-refractivity contribution is -0.120. The van der Waals surface area contributed by atoms with E-state index in [1.807, 2.05) is 22.9 Å². The Labute approximate surface area is 98.1 Å². The molecule has 0 aromatic carbocycles. The number of carbonyl (C=O) groups is 1. The van der Waals surface area contributed by atoms with Gasteiger partial charge in [-0.3, -0.25) is 4.79 Å². The van der Waals surface area contributed by atoms with Gasteiger partial charge in [0.05, 0.1) is 18.9 Å². The van der Waals surface area contributed by atoms with Crippen molar-refractivity contribution in [2.24, 2.45) is 0 Å². The van der Waals surface area contributed by atoms with Crippen molar-refractivity contribution in [2.75, 3.05) is 6.54 Å². The summed E-state index contributed by atoms with van der Waals surface area (Å²) < 4.78 is 4.95. The van der Waals surface area contributed by atoms with Crippen LogP contribution in [0, 0.1) is 0 Å². The Kier molecular flexibility index (Phi) is 3.77. The lowest BCUT2D eigenvalue weighted by Crippen LogP contribution is -2.26. The van der Waals surface area contributed by atoms with Gasteiger partial charge in [-0.15, -0.1) is 0 Å². The fourth-order valence-corrected chi connectivity index (χ4v) is 2.09. The predicted molar refractivity (Wildman–Crippen MR) is 63.4 cm³/mol. The topological polar surface area (TPSA) is 42.2 Å². The fraction of sp³-hybridized carbons (Fsp3) is 0.250. The molecule has 2 rings (SSSR count). The number of thiophene rings is 1. The molecular weight excluding hydrogens is 222 g/mol. The molecule has 0 aliphatic carbocycles. The first-order chi connectivity index (χ1) is 7.84. The summed E-state index contributed by atoms with van der Waals surface area (Å²) in [4.78, 5) is 11.5. The summed E-state index contributed by atoms with van der Waals surface area (Å²) in [6, 6.07) is 3.88. The standard InChI is InChI=1S/C12H13NO2S/c14-12(7-11-3-6-16-9-11)13-4-1-10-2-5-15-8-10/h2-3,5-6,8-9H,1,4,7H2,(H,13,14). The molecule has 1 amide bonds. The summed E-state index contributed by atoms with van der Waals surface area (Å²) in [6.07, 6.45) is 4.62. The van der Waals surface area contributed by atoms with Gasteiger partial charge in [0, 0.05) is 6.54 Å². The molecule has 0 spiro atoms. The van der Waals surface area contributed by atoms with Crippen molar-refractivity contribution in [3.8, 4) is 0 Å². The van der Waals surface area contributed by atoms with E-state index in [9.17, 15) is 4.79 Å². The van der Waals surface area contributed by atoms with E-state index in [2.05, 4.69) is 5.32 Å². The van der Waals surface area contributed by atoms with Crippen LogP contribution in [0.4, 0.5) is 0 Å². The molecule has 0 saturated heterocycles. The van der Waals surface area contributed by atoms with Crippen molar-refractivity contribution in [3.63, 3.8) is 0 Å². The molecule has 0 saturated carbocycles. The average molecular weight is 235 g/mol. The lowest BCUT2D eigenvalue weighted by atomic mass is 10.2. The van der Waals surface area contributed by atoms with Crippen molar-refractivity contribution in [3.05, 3.63) is 46.5 Å². The molecule has 3 nitrogen and oxygen atoms in total. The van der Waals surface area contributed by atoms with E-state index in [1.165, 1.54) is 0 Å². The Morgan fingerprint density at radius 2 is 2.31 bits per heavy atom. The first-order valence-electron chi connectivity index (χ1n) is 5.13. The van der Waals surface area contributed by atoms with Gasteiger partial charge in [-0.2, -0.15) is 11.3 Å². The van der Waals surface area contributed by atoms with Crippen LogP contribution < -0.4 is 5.32 Å².